The molecule has 1 N–H and O–H groups in total. The molecule has 26 heavy (non-hydrogen) atoms. The minimum atomic E-state index is -1.10. The van der Waals surface area contributed by atoms with E-state index in [0.29, 0.717) is 12.4 Å². The van der Waals surface area contributed by atoms with Crippen molar-refractivity contribution in [3.8, 4) is 6.07 Å². The highest BCUT2D eigenvalue weighted by atomic mass is 19.2. The normalized spacial score (nSPS) is 10.9. The van der Waals surface area contributed by atoms with Crippen LogP contribution in [0.4, 0.5) is 14.6 Å². The first-order chi connectivity index (χ1) is 12.3. The molecule has 8 heteroatoms. The van der Waals surface area contributed by atoms with Crippen LogP contribution in [-0.4, -0.2) is 22.4 Å². The molecule has 1 aromatic carbocycles. The molecule has 0 aliphatic rings. The van der Waals surface area contributed by atoms with Crippen LogP contribution >= 0.6 is 0 Å². The molecule has 136 valence electrons. The van der Waals surface area contributed by atoms with Gasteiger partial charge in [-0.05, 0) is 30.0 Å². The van der Waals surface area contributed by atoms with Crippen LogP contribution in [-0.2, 0) is 0 Å². The number of rotatable bonds is 6. The van der Waals surface area contributed by atoms with E-state index in [1.54, 1.807) is 6.07 Å². The standard InChI is InChI=1S/C18H19F2N5O/c1-4-18(2,3)11-25(16-7-8-22-15(10-21)23-16)24-17(26)12-5-6-13(19)14(20)9-12/h5-9H,4,11H2,1-3H3,(H,24,26). The van der Waals surface area contributed by atoms with Crippen LogP contribution in [0.25, 0.3) is 0 Å². The van der Waals surface area contributed by atoms with E-state index in [1.807, 2.05) is 26.8 Å². The fourth-order valence-corrected chi connectivity index (χ4v) is 2.10. The number of hydrogen-bond acceptors (Lipinski definition) is 5. The topological polar surface area (TPSA) is 81.9 Å². The van der Waals surface area contributed by atoms with Crippen LogP contribution in [0, 0.1) is 28.4 Å². The average Bonchev–Trinajstić information content (AvgIpc) is 2.63. The number of nitriles is 1. The molecule has 1 amide bonds. The number of nitrogens with zero attached hydrogens (tertiary/aromatic N) is 4. The van der Waals surface area contributed by atoms with Crippen LogP contribution in [0.1, 0.15) is 43.4 Å². The molecule has 0 radical (unpaired) electrons. The molecule has 0 spiro atoms. The maximum Gasteiger partial charge on any atom is 0.269 e. The zero-order chi connectivity index (χ0) is 19.3. The average molecular weight is 359 g/mol. The molecule has 0 atom stereocenters. The van der Waals surface area contributed by atoms with Crippen LogP contribution < -0.4 is 10.4 Å². The van der Waals surface area contributed by atoms with Crippen molar-refractivity contribution >= 4 is 11.7 Å². The van der Waals surface area contributed by atoms with E-state index in [2.05, 4.69) is 15.4 Å². The van der Waals surface area contributed by atoms with Crippen molar-refractivity contribution in [1.82, 2.24) is 15.4 Å². The lowest BCUT2D eigenvalue weighted by molar-refractivity contribution is 0.0943. The van der Waals surface area contributed by atoms with E-state index in [1.165, 1.54) is 17.3 Å². The number of carbonyl (C=O) groups is 1. The molecule has 0 fully saturated rings. The van der Waals surface area contributed by atoms with Gasteiger partial charge in [-0.25, -0.2) is 13.8 Å². The number of hydrogen-bond donors (Lipinski definition) is 1. The van der Waals surface area contributed by atoms with Gasteiger partial charge in [-0.2, -0.15) is 10.2 Å². The highest BCUT2D eigenvalue weighted by Gasteiger charge is 2.23. The molecule has 2 rings (SSSR count). The second-order valence-electron chi connectivity index (χ2n) is 6.52. The molecule has 0 bridgehead atoms. The van der Waals surface area contributed by atoms with Crippen molar-refractivity contribution in [3.63, 3.8) is 0 Å². The number of amides is 1. The molecule has 0 saturated carbocycles. The molecule has 1 heterocycles. The van der Waals surface area contributed by atoms with Gasteiger partial charge in [0.25, 0.3) is 5.91 Å². The third-order valence-electron chi connectivity index (χ3n) is 3.98. The van der Waals surface area contributed by atoms with E-state index in [9.17, 15) is 13.6 Å². The summed E-state index contributed by atoms with van der Waals surface area (Å²) < 4.78 is 26.5. The van der Waals surface area contributed by atoms with Crippen LogP contribution in [0.5, 0.6) is 0 Å². The van der Waals surface area contributed by atoms with Crippen LogP contribution in [0.15, 0.2) is 30.5 Å². The zero-order valence-electron chi connectivity index (χ0n) is 14.8. The van der Waals surface area contributed by atoms with E-state index in [0.717, 1.165) is 18.6 Å². The summed E-state index contributed by atoms with van der Waals surface area (Å²) in [6.45, 7) is 6.42. The molecule has 1 aromatic heterocycles. The molecule has 6 nitrogen and oxygen atoms in total. The molecular formula is C18H19F2N5O. The monoisotopic (exact) mass is 359 g/mol. The van der Waals surface area contributed by atoms with Gasteiger partial charge < -0.3 is 0 Å². The molecule has 2 aromatic rings. The Morgan fingerprint density at radius 3 is 2.65 bits per heavy atom. The Labute approximate surface area is 150 Å². The van der Waals surface area contributed by atoms with Gasteiger partial charge >= 0.3 is 0 Å². The molecule has 0 unspecified atom stereocenters. The minimum Gasteiger partial charge on any atom is -0.267 e. The highest BCUT2D eigenvalue weighted by molar-refractivity contribution is 5.95. The number of hydrazine groups is 1. The maximum absolute atomic E-state index is 13.4. The fourth-order valence-electron chi connectivity index (χ4n) is 2.10. The summed E-state index contributed by atoms with van der Waals surface area (Å²) in [6.07, 6.45) is 2.23. The second kappa shape index (κ2) is 7.87. The predicted molar refractivity (Wildman–Crippen MR) is 92.0 cm³/mol. The smallest absolute Gasteiger partial charge is 0.267 e. The number of carbonyl (C=O) groups excluding carboxylic acids is 1. The highest BCUT2D eigenvalue weighted by Crippen LogP contribution is 2.23. The van der Waals surface area contributed by atoms with Crippen molar-refractivity contribution < 1.29 is 13.6 Å². The Kier molecular flexibility index (Phi) is 5.82. The summed E-state index contributed by atoms with van der Waals surface area (Å²) in [7, 11) is 0. The van der Waals surface area contributed by atoms with Gasteiger partial charge in [0.2, 0.25) is 5.82 Å². The van der Waals surface area contributed by atoms with Crippen LogP contribution in [0.2, 0.25) is 0 Å². The van der Waals surface area contributed by atoms with Gasteiger partial charge in [-0.3, -0.25) is 15.2 Å². The van der Waals surface area contributed by atoms with Gasteiger partial charge in [0.15, 0.2) is 17.5 Å². The molecule has 0 aliphatic heterocycles. The quantitative estimate of drug-likeness (QED) is 0.801. The van der Waals surface area contributed by atoms with E-state index >= 15 is 0 Å². The first-order valence-corrected chi connectivity index (χ1v) is 8.02. The summed E-state index contributed by atoms with van der Waals surface area (Å²) in [4.78, 5) is 20.4. The van der Waals surface area contributed by atoms with Crippen LogP contribution in [0.3, 0.4) is 0 Å². The first-order valence-electron chi connectivity index (χ1n) is 8.02. The second-order valence-corrected chi connectivity index (χ2v) is 6.52. The third-order valence-corrected chi connectivity index (χ3v) is 3.98. The number of anilines is 1. The Morgan fingerprint density at radius 2 is 2.04 bits per heavy atom. The lowest BCUT2D eigenvalue weighted by Gasteiger charge is -2.32. The number of halogens is 2. The van der Waals surface area contributed by atoms with Crippen molar-refractivity contribution in [2.24, 2.45) is 5.41 Å². The van der Waals surface area contributed by atoms with Gasteiger partial charge in [0.1, 0.15) is 6.07 Å². The summed E-state index contributed by atoms with van der Waals surface area (Å²) in [5, 5.41) is 10.5. The summed E-state index contributed by atoms with van der Waals surface area (Å²) in [6, 6.07) is 6.31. The Bertz CT molecular complexity index is 848. The van der Waals surface area contributed by atoms with Gasteiger partial charge in [0, 0.05) is 24.4 Å². The van der Waals surface area contributed by atoms with E-state index in [4.69, 9.17) is 5.26 Å². The third kappa shape index (κ3) is 4.72. The fraction of sp³-hybridized carbons (Fsp3) is 0.333. The lowest BCUT2D eigenvalue weighted by atomic mass is 9.90. The van der Waals surface area contributed by atoms with Gasteiger partial charge in [-0.15, -0.1) is 0 Å². The molecular weight excluding hydrogens is 340 g/mol. The largest absolute Gasteiger partial charge is 0.269 e. The first kappa shape index (κ1) is 19.2. The number of benzene rings is 1. The van der Waals surface area contributed by atoms with Crippen molar-refractivity contribution in [2.45, 2.75) is 27.2 Å². The minimum absolute atomic E-state index is 0.0298. The SMILES string of the molecule is CCC(C)(C)CN(NC(=O)c1ccc(F)c(F)c1)c1ccnc(C#N)n1. The number of nitrogens with one attached hydrogen (secondary N) is 1. The van der Waals surface area contributed by atoms with E-state index in [-0.39, 0.29) is 16.8 Å². The van der Waals surface area contributed by atoms with Crippen molar-refractivity contribution in [3.05, 3.63) is 53.5 Å². The predicted octanol–water partition coefficient (Wildman–Crippen LogP) is 3.21. The molecule has 0 aliphatic carbocycles. The molecule has 0 saturated heterocycles. The van der Waals surface area contributed by atoms with Gasteiger partial charge in [-0.1, -0.05) is 20.8 Å². The lowest BCUT2D eigenvalue weighted by Crippen LogP contribution is -2.47. The Morgan fingerprint density at radius 1 is 1.31 bits per heavy atom. The maximum atomic E-state index is 13.4. The Hall–Kier alpha value is -3.08. The Balaban J connectivity index is 2.32. The van der Waals surface area contributed by atoms with E-state index < -0.39 is 17.5 Å². The summed E-state index contributed by atoms with van der Waals surface area (Å²) in [5.74, 6) is -2.46. The summed E-state index contributed by atoms with van der Waals surface area (Å²) in [5.41, 5.74) is 2.43. The van der Waals surface area contributed by atoms with Gasteiger partial charge in [0.05, 0.1) is 0 Å². The number of aromatic nitrogens is 2. The van der Waals surface area contributed by atoms with Crippen molar-refractivity contribution in [1.29, 1.82) is 5.26 Å². The summed E-state index contributed by atoms with van der Waals surface area (Å²) >= 11 is 0. The van der Waals surface area contributed by atoms with Crippen molar-refractivity contribution in [2.75, 3.05) is 11.6 Å². The zero-order valence-corrected chi connectivity index (χ0v) is 14.8.